The van der Waals surface area contributed by atoms with Gasteiger partial charge in [0.2, 0.25) is 0 Å². The van der Waals surface area contributed by atoms with Crippen LogP contribution in [0.15, 0.2) is 65.6 Å². The van der Waals surface area contributed by atoms with Crippen LogP contribution in [0.1, 0.15) is 26.3 Å². The molecular formula is C22H12ClF2N3O5S. The number of nitriles is 1. The topological polar surface area (TPSA) is 117 Å². The van der Waals surface area contributed by atoms with Gasteiger partial charge in [-0.1, -0.05) is 17.7 Å². The second kappa shape index (κ2) is 8.74. The van der Waals surface area contributed by atoms with Crippen LogP contribution in [-0.4, -0.2) is 26.8 Å². The van der Waals surface area contributed by atoms with Gasteiger partial charge in [0.1, 0.15) is 5.75 Å². The van der Waals surface area contributed by atoms with Gasteiger partial charge >= 0.3 is 6.61 Å². The van der Waals surface area contributed by atoms with Crippen molar-refractivity contribution in [2.24, 2.45) is 0 Å². The van der Waals surface area contributed by atoms with E-state index < -0.39 is 28.4 Å². The number of alkyl halides is 2. The largest absolute Gasteiger partial charge is 0.435 e. The van der Waals surface area contributed by atoms with E-state index in [1.807, 2.05) is 6.07 Å². The van der Waals surface area contributed by atoms with Gasteiger partial charge in [-0.25, -0.2) is 13.3 Å². The third-order valence-corrected chi connectivity index (χ3v) is 6.52. The molecular weight excluding hydrogens is 492 g/mol. The van der Waals surface area contributed by atoms with Crippen LogP contribution in [0.3, 0.4) is 0 Å². The third kappa shape index (κ3) is 4.16. The van der Waals surface area contributed by atoms with Crippen LogP contribution in [0.4, 0.5) is 20.2 Å². The van der Waals surface area contributed by atoms with E-state index in [4.69, 9.17) is 16.9 Å². The number of imide groups is 1. The van der Waals surface area contributed by atoms with Crippen LogP contribution >= 0.6 is 11.6 Å². The second-order valence-corrected chi connectivity index (χ2v) is 9.00. The van der Waals surface area contributed by atoms with Crippen LogP contribution in [-0.2, 0) is 10.0 Å². The monoisotopic (exact) mass is 503 g/mol. The third-order valence-electron chi connectivity index (χ3n) is 4.83. The van der Waals surface area contributed by atoms with Crippen LogP contribution < -0.4 is 14.4 Å². The number of ether oxygens (including phenoxy) is 1. The van der Waals surface area contributed by atoms with Crippen molar-refractivity contribution in [1.82, 2.24) is 0 Å². The lowest BCUT2D eigenvalue weighted by Gasteiger charge is -2.14. The molecule has 3 aromatic rings. The van der Waals surface area contributed by atoms with Crippen LogP contribution in [0.5, 0.6) is 5.75 Å². The Hall–Kier alpha value is -4.01. The molecule has 2 amide bonds. The minimum atomic E-state index is -4.29. The fourth-order valence-corrected chi connectivity index (χ4v) is 4.67. The number of carbonyl (C=O) groups excluding carboxylic acids is 2. The molecule has 0 atom stereocenters. The zero-order chi connectivity index (χ0) is 24.6. The Balaban J connectivity index is 1.71. The first-order valence-electron chi connectivity index (χ1n) is 9.41. The first kappa shape index (κ1) is 23.2. The fraction of sp³-hybridized carbons (Fsp3) is 0.0455. The van der Waals surface area contributed by atoms with E-state index in [0.717, 1.165) is 29.2 Å². The predicted octanol–water partition coefficient (Wildman–Crippen LogP) is 4.41. The number of rotatable bonds is 6. The van der Waals surface area contributed by atoms with Crippen molar-refractivity contribution in [3.8, 4) is 11.8 Å². The van der Waals surface area contributed by atoms with E-state index in [0.29, 0.717) is 0 Å². The number of carbonyl (C=O) groups is 2. The summed E-state index contributed by atoms with van der Waals surface area (Å²) in [6.07, 6.45) is 0. The lowest BCUT2D eigenvalue weighted by atomic mass is 10.1. The molecule has 0 spiro atoms. The molecule has 0 fully saturated rings. The molecule has 0 aliphatic carbocycles. The van der Waals surface area contributed by atoms with Crippen LogP contribution in [0.2, 0.25) is 5.02 Å². The smallest absolute Gasteiger partial charge is 0.387 e. The Bertz CT molecular complexity index is 1470. The zero-order valence-electron chi connectivity index (χ0n) is 16.8. The lowest BCUT2D eigenvalue weighted by molar-refractivity contribution is -0.0498. The Morgan fingerprint density at radius 3 is 2.32 bits per heavy atom. The molecule has 4 rings (SSSR count). The van der Waals surface area contributed by atoms with Crippen LogP contribution in [0.25, 0.3) is 0 Å². The normalized spacial score (nSPS) is 13.1. The Morgan fingerprint density at radius 2 is 1.68 bits per heavy atom. The van der Waals surface area contributed by atoms with Gasteiger partial charge in [0.05, 0.1) is 44.1 Å². The van der Waals surface area contributed by atoms with E-state index in [-0.39, 0.29) is 43.7 Å². The summed E-state index contributed by atoms with van der Waals surface area (Å²) in [5.41, 5.74) is -0.342. The van der Waals surface area contributed by atoms with E-state index >= 15 is 0 Å². The number of benzene rings is 3. The standard InChI is InChI=1S/C22H12ClF2N3O5S/c23-16-8-9-17(27-34(31,32)15-6-4-14(5-7-15)33-22(24)25)19-18(16)20(29)28(21(19)30)13-3-1-2-12(10-13)11-26/h1-10,22,27H. The van der Waals surface area contributed by atoms with Gasteiger partial charge in [-0.05, 0) is 54.6 Å². The molecule has 1 aliphatic rings. The van der Waals surface area contributed by atoms with Crippen molar-refractivity contribution in [3.05, 3.63) is 82.4 Å². The van der Waals surface area contributed by atoms with E-state index in [1.165, 1.54) is 36.4 Å². The summed E-state index contributed by atoms with van der Waals surface area (Å²) in [6.45, 7) is -3.07. The molecule has 0 aromatic heterocycles. The highest BCUT2D eigenvalue weighted by Crippen LogP contribution is 2.38. The molecule has 1 N–H and O–H groups in total. The maximum absolute atomic E-state index is 13.2. The number of sulfonamides is 1. The van der Waals surface area contributed by atoms with Crippen molar-refractivity contribution < 1.29 is 31.5 Å². The van der Waals surface area contributed by atoms with Gasteiger partial charge in [-0.15, -0.1) is 0 Å². The van der Waals surface area contributed by atoms with Gasteiger partial charge in [-0.3, -0.25) is 14.3 Å². The average molecular weight is 504 g/mol. The summed E-state index contributed by atoms with van der Waals surface area (Å²) in [5, 5.41) is 9.05. The van der Waals surface area contributed by atoms with E-state index in [1.54, 1.807) is 0 Å². The van der Waals surface area contributed by atoms with Crippen molar-refractivity contribution in [2.45, 2.75) is 11.5 Å². The van der Waals surface area contributed by atoms with Gasteiger partial charge in [-0.2, -0.15) is 14.0 Å². The molecule has 8 nitrogen and oxygen atoms in total. The van der Waals surface area contributed by atoms with Crippen LogP contribution in [0, 0.1) is 11.3 Å². The molecule has 0 bridgehead atoms. The summed E-state index contributed by atoms with van der Waals surface area (Å²) < 4.78 is 56.8. The number of anilines is 2. The lowest BCUT2D eigenvalue weighted by Crippen LogP contribution is -2.29. The Labute approximate surface area is 197 Å². The number of fused-ring (bicyclic) bond motifs is 1. The minimum Gasteiger partial charge on any atom is -0.435 e. The zero-order valence-corrected chi connectivity index (χ0v) is 18.4. The molecule has 1 heterocycles. The second-order valence-electron chi connectivity index (χ2n) is 6.91. The van der Waals surface area contributed by atoms with E-state index in [2.05, 4.69) is 9.46 Å². The molecule has 0 unspecified atom stereocenters. The van der Waals surface area contributed by atoms with Gasteiger partial charge < -0.3 is 4.74 Å². The fourth-order valence-electron chi connectivity index (χ4n) is 3.36. The maximum Gasteiger partial charge on any atom is 0.387 e. The molecule has 1 aliphatic heterocycles. The van der Waals surface area contributed by atoms with Crippen molar-refractivity contribution in [2.75, 3.05) is 9.62 Å². The summed E-state index contributed by atoms with van der Waals surface area (Å²) >= 11 is 6.16. The first-order valence-corrected chi connectivity index (χ1v) is 11.3. The summed E-state index contributed by atoms with van der Waals surface area (Å²) in [4.78, 5) is 26.7. The number of nitrogens with zero attached hydrogens (tertiary/aromatic N) is 2. The predicted molar refractivity (Wildman–Crippen MR) is 118 cm³/mol. The molecule has 34 heavy (non-hydrogen) atoms. The number of amides is 2. The molecule has 0 saturated carbocycles. The molecule has 3 aromatic carbocycles. The van der Waals surface area contributed by atoms with Gasteiger partial charge in [0.15, 0.2) is 0 Å². The quantitative estimate of drug-likeness (QED) is 0.498. The first-order chi connectivity index (χ1) is 16.1. The highest BCUT2D eigenvalue weighted by Gasteiger charge is 2.41. The highest BCUT2D eigenvalue weighted by molar-refractivity contribution is 7.92. The number of nitrogens with one attached hydrogen (secondary N) is 1. The average Bonchev–Trinajstić information content (AvgIpc) is 3.07. The summed E-state index contributed by atoms with van der Waals surface area (Å²) in [5.74, 6) is -1.86. The Morgan fingerprint density at radius 1 is 1.00 bits per heavy atom. The van der Waals surface area contributed by atoms with Gasteiger partial charge in [0, 0.05) is 0 Å². The van der Waals surface area contributed by atoms with E-state index in [9.17, 15) is 26.8 Å². The summed E-state index contributed by atoms with van der Waals surface area (Å²) in [7, 11) is -4.29. The molecule has 12 heteroatoms. The molecule has 0 saturated heterocycles. The minimum absolute atomic E-state index is 0.0660. The van der Waals surface area contributed by atoms with Crippen molar-refractivity contribution in [3.63, 3.8) is 0 Å². The maximum atomic E-state index is 13.2. The molecule has 0 radical (unpaired) electrons. The number of hydrogen-bond acceptors (Lipinski definition) is 6. The Kier molecular flexibility index (Phi) is 5.95. The van der Waals surface area contributed by atoms with Crippen molar-refractivity contribution in [1.29, 1.82) is 5.26 Å². The van der Waals surface area contributed by atoms with Gasteiger partial charge in [0.25, 0.3) is 21.8 Å². The summed E-state index contributed by atoms with van der Waals surface area (Å²) in [6, 6.07) is 14.4. The highest BCUT2D eigenvalue weighted by atomic mass is 35.5. The number of hydrogen-bond donors (Lipinski definition) is 1. The number of halogens is 3. The van der Waals surface area contributed by atoms with Crippen molar-refractivity contribution >= 4 is 44.8 Å². The molecule has 172 valence electrons. The SMILES string of the molecule is N#Cc1cccc(N2C(=O)c3c(Cl)ccc(NS(=O)(=O)c4ccc(OC(F)F)cc4)c3C2=O)c1.